The van der Waals surface area contributed by atoms with Gasteiger partial charge in [-0.3, -0.25) is 4.98 Å². The second kappa shape index (κ2) is 4.00. The molecule has 0 aromatic carbocycles. The van der Waals surface area contributed by atoms with Crippen molar-refractivity contribution in [2.45, 2.75) is 13.5 Å². The molecule has 0 bridgehead atoms. The number of esters is 1. The number of rotatable bonds is 2. The van der Waals surface area contributed by atoms with Crippen LogP contribution >= 0.6 is 0 Å². The van der Waals surface area contributed by atoms with Crippen LogP contribution < -0.4 is 5.73 Å². The van der Waals surface area contributed by atoms with Gasteiger partial charge in [-0.05, 0) is 18.1 Å². The van der Waals surface area contributed by atoms with Gasteiger partial charge in [0.1, 0.15) is 0 Å². The molecule has 1 rings (SSSR count). The van der Waals surface area contributed by atoms with Crippen LogP contribution in [-0.4, -0.2) is 18.1 Å². The molecule has 1 aromatic heterocycles. The van der Waals surface area contributed by atoms with Crippen molar-refractivity contribution in [1.82, 2.24) is 4.98 Å². The van der Waals surface area contributed by atoms with Gasteiger partial charge >= 0.3 is 5.97 Å². The molecule has 0 unspecified atom stereocenters. The molecule has 0 fully saturated rings. The molecule has 0 amide bonds. The maximum atomic E-state index is 11.2. The Balaban J connectivity index is 3.15. The lowest BCUT2D eigenvalue weighted by molar-refractivity contribution is 0.0599. The summed E-state index contributed by atoms with van der Waals surface area (Å²) in [6, 6.07) is 0. The lowest BCUT2D eigenvalue weighted by Crippen LogP contribution is -2.08. The van der Waals surface area contributed by atoms with Crippen LogP contribution in [0.1, 0.15) is 21.5 Å². The van der Waals surface area contributed by atoms with Crippen LogP contribution in [0.25, 0.3) is 0 Å². The first-order valence-corrected chi connectivity index (χ1v) is 3.92. The number of hydrogen-bond donors (Lipinski definition) is 1. The molecule has 2 N–H and O–H groups in total. The second-order valence-electron chi connectivity index (χ2n) is 2.67. The zero-order valence-electron chi connectivity index (χ0n) is 7.70. The predicted octanol–water partition coefficient (Wildman–Crippen LogP) is 0.635. The first kappa shape index (κ1) is 9.67. The van der Waals surface area contributed by atoms with Crippen LogP contribution in [0.5, 0.6) is 0 Å². The largest absolute Gasteiger partial charge is 0.465 e. The number of carbonyl (C=O) groups is 1. The standard InChI is InChI=1S/C9H12N2O2/c1-6-7(3-10)4-11-5-8(6)9(12)13-2/h4-5H,3,10H2,1-2H3. The Labute approximate surface area is 76.7 Å². The van der Waals surface area contributed by atoms with Gasteiger partial charge in [-0.2, -0.15) is 0 Å². The maximum absolute atomic E-state index is 11.2. The van der Waals surface area contributed by atoms with Gasteiger partial charge in [0.2, 0.25) is 0 Å². The highest BCUT2D eigenvalue weighted by atomic mass is 16.5. The minimum absolute atomic E-state index is 0.375. The van der Waals surface area contributed by atoms with Crippen molar-refractivity contribution in [3.05, 3.63) is 29.1 Å². The highest BCUT2D eigenvalue weighted by Gasteiger charge is 2.11. The molecule has 4 nitrogen and oxygen atoms in total. The molecule has 0 aliphatic heterocycles. The average Bonchev–Trinajstić information content (AvgIpc) is 2.17. The second-order valence-corrected chi connectivity index (χ2v) is 2.67. The van der Waals surface area contributed by atoms with Crippen LogP contribution in [0, 0.1) is 6.92 Å². The molecule has 4 heteroatoms. The summed E-state index contributed by atoms with van der Waals surface area (Å²) >= 11 is 0. The van der Waals surface area contributed by atoms with E-state index in [2.05, 4.69) is 9.72 Å². The van der Waals surface area contributed by atoms with Crippen molar-refractivity contribution >= 4 is 5.97 Å². The van der Waals surface area contributed by atoms with E-state index in [1.54, 1.807) is 6.20 Å². The minimum Gasteiger partial charge on any atom is -0.465 e. The van der Waals surface area contributed by atoms with Crippen molar-refractivity contribution in [2.75, 3.05) is 7.11 Å². The number of aromatic nitrogens is 1. The summed E-state index contributed by atoms with van der Waals surface area (Å²) in [5, 5.41) is 0. The summed E-state index contributed by atoms with van der Waals surface area (Å²) < 4.78 is 4.60. The first-order chi connectivity index (χ1) is 6.20. The van der Waals surface area contributed by atoms with E-state index in [1.165, 1.54) is 13.3 Å². The van der Waals surface area contributed by atoms with E-state index in [0.717, 1.165) is 11.1 Å². The monoisotopic (exact) mass is 180 g/mol. The van der Waals surface area contributed by atoms with Gasteiger partial charge < -0.3 is 10.5 Å². The van der Waals surface area contributed by atoms with Gasteiger partial charge in [0, 0.05) is 18.9 Å². The summed E-state index contributed by atoms with van der Waals surface area (Å²) in [5.41, 5.74) is 7.65. The number of nitrogens with zero attached hydrogens (tertiary/aromatic N) is 1. The van der Waals surface area contributed by atoms with E-state index in [-0.39, 0.29) is 5.97 Å². The molecule has 0 atom stereocenters. The van der Waals surface area contributed by atoms with Crippen molar-refractivity contribution in [1.29, 1.82) is 0 Å². The third kappa shape index (κ3) is 1.84. The normalized spacial score (nSPS) is 9.77. The Morgan fingerprint density at radius 2 is 2.31 bits per heavy atom. The average molecular weight is 180 g/mol. The molecule has 0 spiro atoms. The van der Waals surface area contributed by atoms with Crippen molar-refractivity contribution in [3.8, 4) is 0 Å². The van der Waals surface area contributed by atoms with Crippen LogP contribution in [0.4, 0.5) is 0 Å². The molecule has 0 radical (unpaired) electrons. The molecule has 13 heavy (non-hydrogen) atoms. The van der Waals surface area contributed by atoms with Crippen LogP contribution in [0.2, 0.25) is 0 Å². The Bertz CT molecular complexity index is 323. The topological polar surface area (TPSA) is 65.2 Å². The Hall–Kier alpha value is -1.42. The van der Waals surface area contributed by atoms with Gasteiger partial charge in [0.05, 0.1) is 12.7 Å². The van der Waals surface area contributed by atoms with Gasteiger partial charge in [-0.15, -0.1) is 0 Å². The summed E-state index contributed by atoms with van der Waals surface area (Å²) in [5.74, 6) is -0.375. The Kier molecular flexibility index (Phi) is 2.97. The third-order valence-electron chi connectivity index (χ3n) is 1.94. The molecular formula is C9H12N2O2. The van der Waals surface area contributed by atoms with Crippen LogP contribution in [0.15, 0.2) is 12.4 Å². The smallest absolute Gasteiger partial charge is 0.339 e. The maximum Gasteiger partial charge on any atom is 0.339 e. The zero-order chi connectivity index (χ0) is 9.84. The van der Waals surface area contributed by atoms with E-state index in [1.807, 2.05) is 6.92 Å². The van der Waals surface area contributed by atoms with E-state index in [9.17, 15) is 4.79 Å². The van der Waals surface area contributed by atoms with Crippen LogP contribution in [0.3, 0.4) is 0 Å². The number of pyridine rings is 1. The lowest BCUT2D eigenvalue weighted by atomic mass is 10.1. The molecular weight excluding hydrogens is 168 g/mol. The highest BCUT2D eigenvalue weighted by molar-refractivity contribution is 5.90. The van der Waals surface area contributed by atoms with E-state index in [4.69, 9.17) is 5.73 Å². The van der Waals surface area contributed by atoms with Crippen molar-refractivity contribution in [2.24, 2.45) is 5.73 Å². The molecule has 0 saturated carbocycles. The van der Waals surface area contributed by atoms with E-state index < -0.39 is 0 Å². The molecule has 0 aliphatic carbocycles. The summed E-state index contributed by atoms with van der Waals surface area (Å²) in [4.78, 5) is 15.1. The van der Waals surface area contributed by atoms with E-state index in [0.29, 0.717) is 12.1 Å². The van der Waals surface area contributed by atoms with Gasteiger partial charge in [0.25, 0.3) is 0 Å². The van der Waals surface area contributed by atoms with Gasteiger partial charge in [0.15, 0.2) is 0 Å². The number of nitrogens with two attached hydrogens (primary N) is 1. The van der Waals surface area contributed by atoms with Crippen LogP contribution in [-0.2, 0) is 11.3 Å². The summed E-state index contributed by atoms with van der Waals surface area (Å²) in [6.45, 7) is 2.21. The molecule has 1 heterocycles. The zero-order valence-corrected chi connectivity index (χ0v) is 7.70. The SMILES string of the molecule is COC(=O)c1cncc(CN)c1C. The van der Waals surface area contributed by atoms with E-state index >= 15 is 0 Å². The summed E-state index contributed by atoms with van der Waals surface area (Å²) in [6.07, 6.45) is 3.14. The molecule has 0 saturated heterocycles. The Morgan fingerprint density at radius 1 is 1.62 bits per heavy atom. The number of carbonyl (C=O) groups excluding carboxylic acids is 1. The lowest BCUT2D eigenvalue weighted by Gasteiger charge is -2.06. The first-order valence-electron chi connectivity index (χ1n) is 3.92. The fraction of sp³-hybridized carbons (Fsp3) is 0.333. The number of hydrogen-bond acceptors (Lipinski definition) is 4. The quantitative estimate of drug-likeness (QED) is 0.678. The Morgan fingerprint density at radius 3 is 2.85 bits per heavy atom. The summed E-state index contributed by atoms with van der Waals surface area (Å²) in [7, 11) is 1.34. The van der Waals surface area contributed by atoms with Gasteiger partial charge in [-0.25, -0.2) is 4.79 Å². The fourth-order valence-electron chi connectivity index (χ4n) is 1.09. The predicted molar refractivity (Wildman–Crippen MR) is 48.2 cm³/mol. The number of methoxy groups -OCH3 is 1. The van der Waals surface area contributed by atoms with Crippen molar-refractivity contribution in [3.63, 3.8) is 0 Å². The fourth-order valence-corrected chi connectivity index (χ4v) is 1.09. The third-order valence-corrected chi connectivity index (χ3v) is 1.94. The number of ether oxygens (including phenoxy) is 1. The highest BCUT2D eigenvalue weighted by Crippen LogP contribution is 2.11. The molecule has 0 aliphatic rings. The molecule has 1 aromatic rings. The van der Waals surface area contributed by atoms with Crippen molar-refractivity contribution < 1.29 is 9.53 Å². The minimum atomic E-state index is -0.375. The molecule has 70 valence electrons. The van der Waals surface area contributed by atoms with Gasteiger partial charge in [-0.1, -0.05) is 0 Å².